The molecule has 0 spiro atoms. The average molecular weight is 229 g/mol. The lowest BCUT2D eigenvalue weighted by molar-refractivity contribution is -0.142. The summed E-state index contributed by atoms with van der Waals surface area (Å²) in [5.74, 6) is -1.01. The van der Waals surface area contributed by atoms with Crippen molar-refractivity contribution in [2.45, 2.75) is 13.0 Å². The van der Waals surface area contributed by atoms with Crippen molar-refractivity contribution in [3.8, 4) is 0 Å². The van der Waals surface area contributed by atoms with Crippen LogP contribution in [-0.4, -0.2) is 24.0 Å². The van der Waals surface area contributed by atoms with Gasteiger partial charge in [-0.15, -0.1) is 11.3 Å². The number of amides is 1. The number of nitrogens with two attached hydrogens (primary N) is 1. The van der Waals surface area contributed by atoms with E-state index in [2.05, 4.69) is 15.0 Å². The SMILES string of the molecule is COC(=O)CC(=O)Nc1scnc1CN. The van der Waals surface area contributed by atoms with Gasteiger partial charge >= 0.3 is 5.97 Å². The predicted octanol–water partition coefficient (Wildman–Crippen LogP) is 0.103. The van der Waals surface area contributed by atoms with Crippen molar-refractivity contribution >= 4 is 28.2 Å². The third kappa shape index (κ3) is 3.30. The number of hydrogen-bond donors (Lipinski definition) is 2. The van der Waals surface area contributed by atoms with Crippen LogP contribution in [-0.2, 0) is 20.9 Å². The third-order valence-electron chi connectivity index (χ3n) is 1.62. The topological polar surface area (TPSA) is 94.3 Å². The fraction of sp³-hybridized carbons (Fsp3) is 0.375. The highest BCUT2D eigenvalue weighted by atomic mass is 32.1. The van der Waals surface area contributed by atoms with Crippen LogP contribution in [0.15, 0.2) is 5.51 Å². The van der Waals surface area contributed by atoms with Crippen molar-refractivity contribution < 1.29 is 14.3 Å². The Labute approximate surface area is 90.4 Å². The molecule has 3 N–H and O–H groups in total. The van der Waals surface area contributed by atoms with Crippen molar-refractivity contribution in [2.75, 3.05) is 12.4 Å². The molecule has 6 nitrogen and oxygen atoms in total. The van der Waals surface area contributed by atoms with Gasteiger partial charge < -0.3 is 15.8 Å². The van der Waals surface area contributed by atoms with Crippen LogP contribution in [0.3, 0.4) is 0 Å². The zero-order valence-corrected chi connectivity index (χ0v) is 8.97. The Morgan fingerprint density at radius 2 is 2.40 bits per heavy atom. The molecule has 1 rings (SSSR count). The van der Waals surface area contributed by atoms with E-state index in [1.807, 2.05) is 0 Å². The molecular weight excluding hydrogens is 218 g/mol. The van der Waals surface area contributed by atoms with Gasteiger partial charge in [0.25, 0.3) is 0 Å². The molecule has 1 amide bonds. The maximum Gasteiger partial charge on any atom is 0.315 e. The number of aromatic nitrogens is 1. The van der Waals surface area contributed by atoms with Gasteiger partial charge in [-0.3, -0.25) is 9.59 Å². The zero-order valence-electron chi connectivity index (χ0n) is 8.15. The molecule has 1 heterocycles. The highest BCUT2D eigenvalue weighted by molar-refractivity contribution is 7.14. The summed E-state index contributed by atoms with van der Waals surface area (Å²) in [7, 11) is 1.23. The second-order valence-electron chi connectivity index (χ2n) is 2.63. The molecule has 0 aliphatic rings. The molecule has 0 aliphatic carbocycles. The quantitative estimate of drug-likeness (QED) is 0.564. The van der Waals surface area contributed by atoms with E-state index in [0.29, 0.717) is 10.7 Å². The van der Waals surface area contributed by atoms with E-state index < -0.39 is 11.9 Å². The molecule has 0 saturated heterocycles. The minimum Gasteiger partial charge on any atom is -0.469 e. The smallest absolute Gasteiger partial charge is 0.315 e. The van der Waals surface area contributed by atoms with Crippen LogP contribution in [0.1, 0.15) is 12.1 Å². The zero-order chi connectivity index (χ0) is 11.3. The summed E-state index contributed by atoms with van der Waals surface area (Å²) >= 11 is 1.26. The molecule has 82 valence electrons. The van der Waals surface area contributed by atoms with Gasteiger partial charge in [0.2, 0.25) is 5.91 Å². The lowest BCUT2D eigenvalue weighted by Gasteiger charge is -2.02. The predicted molar refractivity (Wildman–Crippen MR) is 55.3 cm³/mol. The van der Waals surface area contributed by atoms with Crippen molar-refractivity contribution in [1.29, 1.82) is 0 Å². The van der Waals surface area contributed by atoms with Crippen molar-refractivity contribution in [2.24, 2.45) is 5.73 Å². The Bertz CT molecular complexity index is 364. The molecule has 0 aromatic carbocycles. The van der Waals surface area contributed by atoms with Gasteiger partial charge in [0.1, 0.15) is 11.4 Å². The van der Waals surface area contributed by atoms with Crippen LogP contribution in [0.4, 0.5) is 5.00 Å². The first-order valence-corrected chi connectivity index (χ1v) is 5.04. The van der Waals surface area contributed by atoms with E-state index in [1.54, 1.807) is 5.51 Å². The third-order valence-corrected chi connectivity index (χ3v) is 2.40. The average Bonchev–Trinajstić information content (AvgIpc) is 2.64. The maximum absolute atomic E-state index is 11.3. The van der Waals surface area contributed by atoms with Crippen LogP contribution >= 0.6 is 11.3 Å². The van der Waals surface area contributed by atoms with Gasteiger partial charge in [-0.2, -0.15) is 0 Å². The standard InChI is InChI=1S/C8H11N3O3S/c1-14-7(13)2-6(12)11-8-5(3-9)10-4-15-8/h4H,2-3,9H2,1H3,(H,11,12). The normalized spacial score (nSPS) is 9.73. The maximum atomic E-state index is 11.3. The summed E-state index contributed by atoms with van der Waals surface area (Å²) in [5, 5.41) is 3.12. The lowest BCUT2D eigenvalue weighted by Crippen LogP contribution is -2.17. The molecule has 0 unspecified atom stereocenters. The number of carbonyl (C=O) groups excluding carboxylic acids is 2. The lowest BCUT2D eigenvalue weighted by atomic mass is 10.4. The fourth-order valence-electron chi connectivity index (χ4n) is 0.890. The molecule has 0 bridgehead atoms. The highest BCUT2D eigenvalue weighted by Crippen LogP contribution is 2.19. The van der Waals surface area contributed by atoms with E-state index >= 15 is 0 Å². The van der Waals surface area contributed by atoms with Gasteiger partial charge in [-0.1, -0.05) is 0 Å². The molecule has 15 heavy (non-hydrogen) atoms. The van der Waals surface area contributed by atoms with Gasteiger partial charge in [-0.25, -0.2) is 4.98 Å². The number of rotatable bonds is 4. The fourth-order valence-corrected chi connectivity index (χ4v) is 1.62. The molecule has 7 heteroatoms. The molecule has 1 aromatic heterocycles. The van der Waals surface area contributed by atoms with Gasteiger partial charge in [0, 0.05) is 6.54 Å². The number of thiazole rings is 1. The minimum absolute atomic E-state index is 0.247. The summed E-state index contributed by atoms with van der Waals surface area (Å²) in [6, 6.07) is 0. The summed E-state index contributed by atoms with van der Waals surface area (Å²) in [6.07, 6.45) is -0.307. The van der Waals surface area contributed by atoms with E-state index in [1.165, 1.54) is 18.4 Å². The number of anilines is 1. The summed E-state index contributed by atoms with van der Waals surface area (Å²) < 4.78 is 4.36. The highest BCUT2D eigenvalue weighted by Gasteiger charge is 2.12. The van der Waals surface area contributed by atoms with Crippen LogP contribution in [0, 0.1) is 0 Å². The molecule has 0 saturated carbocycles. The second kappa shape index (κ2) is 5.42. The number of nitrogens with zero attached hydrogens (tertiary/aromatic N) is 1. The molecule has 0 fully saturated rings. The van der Waals surface area contributed by atoms with Crippen LogP contribution in [0.25, 0.3) is 0 Å². The Morgan fingerprint density at radius 1 is 1.67 bits per heavy atom. The van der Waals surface area contributed by atoms with Crippen LogP contribution < -0.4 is 11.1 Å². The molecular formula is C8H11N3O3S. The Morgan fingerprint density at radius 3 is 3.00 bits per heavy atom. The number of ether oxygens (including phenoxy) is 1. The van der Waals surface area contributed by atoms with E-state index in [-0.39, 0.29) is 13.0 Å². The molecule has 0 aliphatic heterocycles. The van der Waals surface area contributed by atoms with Gasteiger partial charge in [0.15, 0.2) is 0 Å². The Hall–Kier alpha value is -1.47. The first kappa shape index (κ1) is 11.6. The molecule has 0 atom stereocenters. The van der Waals surface area contributed by atoms with E-state index in [9.17, 15) is 9.59 Å². The second-order valence-corrected chi connectivity index (χ2v) is 3.49. The van der Waals surface area contributed by atoms with Crippen molar-refractivity contribution in [3.63, 3.8) is 0 Å². The number of hydrogen-bond acceptors (Lipinski definition) is 6. The van der Waals surface area contributed by atoms with Crippen molar-refractivity contribution in [1.82, 2.24) is 4.98 Å². The largest absolute Gasteiger partial charge is 0.469 e. The van der Waals surface area contributed by atoms with Crippen LogP contribution in [0.2, 0.25) is 0 Å². The summed E-state index contributed by atoms with van der Waals surface area (Å²) in [4.78, 5) is 26.0. The summed E-state index contributed by atoms with van der Waals surface area (Å²) in [5.41, 5.74) is 7.59. The van der Waals surface area contributed by atoms with Gasteiger partial charge in [-0.05, 0) is 0 Å². The number of nitrogens with one attached hydrogen (secondary N) is 1. The number of carbonyl (C=O) groups is 2. The van der Waals surface area contributed by atoms with E-state index in [4.69, 9.17) is 5.73 Å². The van der Waals surface area contributed by atoms with Crippen molar-refractivity contribution in [3.05, 3.63) is 11.2 Å². The molecule has 1 aromatic rings. The van der Waals surface area contributed by atoms with Crippen LogP contribution in [0.5, 0.6) is 0 Å². The Kier molecular flexibility index (Phi) is 4.19. The first-order chi connectivity index (χ1) is 7.17. The number of esters is 1. The number of methoxy groups -OCH3 is 1. The minimum atomic E-state index is -0.577. The van der Waals surface area contributed by atoms with E-state index in [0.717, 1.165) is 0 Å². The summed E-state index contributed by atoms with van der Waals surface area (Å²) in [6.45, 7) is 0.247. The van der Waals surface area contributed by atoms with Gasteiger partial charge in [0.05, 0.1) is 18.3 Å². The first-order valence-electron chi connectivity index (χ1n) is 4.16. The monoisotopic (exact) mass is 229 g/mol. The Balaban J connectivity index is 2.55. The molecule has 0 radical (unpaired) electrons.